The molecule has 0 saturated heterocycles. The Labute approximate surface area is 63.5 Å². The molecule has 2 N–H and O–H groups in total. The maximum absolute atomic E-state index is 5.40. The van der Waals surface area contributed by atoms with Gasteiger partial charge >= 0.3 is 0 Å². The molecule has 1 aromatic heterocycles. The molecule has 0 aromatic carbocycles. The highest BCUT2D eigenvalue weighted by atomic mass is 32.1. The molecule has 0 unspecified atom stereocenters. The number of aryl methyl sites for hydroxylation is 1. The Balaban J connectivity index is 3.08. The van der Waals surface area contributed by atoms with Crippen LogP contribution in [0.1, 0.15) is 10.4 Å². The first kappa shape index (κ1) is 6.71. The summed E-state index contributed by atoms with van der Waals surface area (Å²) in [6, 6.07) is 2.01. The van der Waals surface area contributed by atoms with E-state index in [1.54, 1.807) is 11.3 Å². The third kappa shape index (κ3) is 1.28. The lowest BCUT2D eigenvalue weighted by Gasteiger charge is -1.91. The van der Waals surface area contributed by atoms with Crippen molar-refractivity contribution < 1.29 is 0 Å². The van der Waals surface area contributed by atoms with Crippen LogP contribution in [0.4, 0.5) is 0 Å². The maximum atomic E-state index is 5.40. The van der Waals surface area contributed by atoms with Crippen LogP contribution in [0.25, 0.3) is 0 Å². The van der Waals surface area contributed by atoms with Crippen molar-refractivity contribution in [1.82, 2.24) is 0 Å². The number of rotatable bonds is 1. The standard InChI is InChI=1S/C6H7NS2/c1-4-2-3-9-5(4)6(7)8/h2-3H,1H3,(H2,7,8). The molecule has 0 aliphatic rings. The van der Waals surface area contributed by atoms with Gasteiger partial charge in [-0.1, -0.05) is 12.2 Å². The monoisotopic (exact) mass is 157 g/mol. The Hall–Kier alpha value is -0.410. The fourth-order valence-electron chi connectivity index (χ4n) is 0.625. The van der Waals surface area contributed by atoms with Crippen molar-refractivity contribution in [2.45, 2.75) is 6.92 Å². The molecular weight excluding hydrogens is 150 g/mol. The second kappa shape index (κ2) is 2.45. The summed E-state index contributed by atoms with van der Waals surface area (Å²) in [5.41, 5.74) is 6.57. The van der Waals surface area contributed by atoms with Crippen LogP contribution in [0, 0.1) is 6.92 Å². The highest BCUT2D eigenvalue weighted by Crippen LogP contribution is 2.14. The normalized spacial score (nSPS) is 9.44. The summed E-state index contributed by atoms with van der Waals surface area (Å²) >= 11 is 6.38. The largest absolute Gasteiger partial charge is 0.389 e. The topological polar surface area (TPSA) is 26.0 Å². The third-order valence-electron chi connectivity index (χ3n) is 1.09. The molecule has 1 heterocycles. The number of hydrogen-bond acceptors (Lipinski definition) is 2. The summed E-state index contributed by atoms with van der Waals surface area (Å²) < 4.78 is 0. The van der Waals surface area contributed by atoms with E-state index < -0.39 is 0 Å². The number of thiophene rings is 1. The fraction of sp³-hybridized carbons (Fsp3) is 0.167. The summed E-state index contributed by atoms with van der Waals surface area (Å²) in [4.78, 5) is 1.53. The Morgan fingerprint density at radius 3 is 2.67 bits per heavy atom. The van der Waals surface area contributed by atoms with E-state index in [-0.39, 0.29) is 0 Å². The zero-order chi connectivity index (χ0) is 6.85. The molecule has 3 heteroatoms. The average Bonchev–Trinajstić information content (AvgIpc) is 2.13. The molecule has 0 aliphatic carbocycles. The molecule has 1 rings (SSSR count). The van der Waals surface area contributed by atoms with Crippen LogP contribution < -0.4 is 5.73 Å². The Bertz CT molecular complexity index is 227. The molecule has 1 aromatic rings. The lowest BCUT2D eigenvalue weighted by molar-refractivity contribution is 1.53. The quantitative estimate of drug-likeness (QED) is 0.628. The molecule has 9 heavy (non-hydrogen) atoms. The van der Waals surface area contributed by atoms with E-state index in [2.05, 4.69) is 0 Å². The molecular formula is C6H7NS2. The second-order valence-electron chi connectivity index (χ2n) is 1.80. The van der Waals surface area contributed by atoms with Gasteiger partial charge in [-0.3, -0.25) is 0 Å². The molecule has 0 fully saturated rings. The minimum absolute atomic E-state index is 0.502. The van der Waals surface area contributed by atoms with Gasteiger partial charge < -0.3 is 5.73 Å². The third-order valence-corrected chi connectivity index (χ3v) is 2.47. The number of hydrogen-bond donors (Lipinski definition) is 1. The van der Waals surface area contributed by atoms with E-state index >= 15 is 0 Å². The predicted octanol–water partition coefficient (Wildman–Crippen LogP) is 1.69. The van der Waals surface area contributed by atoms with Crippen LogP contribution in [-0.4, -0.2) is 4.99 Å². The number of nitrogens with two attached hydrogens (primary N) is 1. The van der Waals surface area contributed by atoms with Crippen molar-refractivity contribution in [2.24, 2.45) is 5.73 Å². The van der Waals surface area contributed by atoms with Crippen molar-refractivity contribution in [3.8, 4) is 0 Å². The minimum atomic E-state index is 0.502. The minimum Gasteiger partial charge on any atom is -0.389 e. The van der Waals surface area contributed by atoms with Crippen LogP contribution in [0.15, 0.2) is 11.4 Å². The first-order chi connectivity index (χ1) is 4.22. The Kier molecular flexibility index (Phi) is 1.83. The lowest BCUT2D eigenvalue weighted by atomic mass is 10.3. The Morgan fingerprint density at radius 1 is 1.78 bits per heavy atom. The second-order valence-corrected chi connectivity index (χ2v) is 3.15. The highest BCUT2D eigenvalue weighted by molar-refractivity contribution is 7.81. The van der Waals surface area contributed by atoms with Crippen LogP contribution in [0.3, 0.4) is 0 Å². The van der Waals surface area contributed by atoms with Crippen LogP contribution in [0.5, 0.6) is 0 Å². The SMILES string of the molecule is Cc1ccsc1C(N)=S. The smallest absolute Gasteiger partial charge is 0.114 e. The molecule has 48 valence electrons. The zero-order valence-corrected chi connectivity index (χ0v) is 6.68. The van der Waals surface area contributed by atoms with Gasteiger partial charge in [0.2, 0.25) is 0 Å². The average molecular weight is 157 g/mol. The highest BCUT2D eigenvalue weighted by Gasteiger charge is 1.99. The van der Waals surface area contributed by atoms with E-state index in [1.165, 1.54) is 5.56 Å². The van der Waals surface area contributed by atoms with E-state index in [0.29, 0.717) is 4.99 Å². The van der Waals surface area contributed by atoms with Crippen molar-refractivity contribution in [3.63, 3.8) is 0 Å². The van der Waals surface area contributed by atoms with Gasteiger partial charge in [0.1, 0.15) is 4.99 Å². The first-order valence-corrected chi connectivity index (χ1v) is 3.84. The van der Waals surface area contributed by atoms with Gasteiger partial charge in [0.05, 0.1) is 4.88 Å². The van der Waals surface area contributed by atoms with Gasteiger partial charge in [-0.2, -0.15) is 0 Å². The molecule has 0 atom stereocenters. The summed E-state index contributed by atoms with van der Waals surface area (Å²) in [5, 5.41) is 1.99. The lowest BCUT2D eigenvalue weighted by Crippen LogP contribution is -2.07. The van der Waals surface area contributed by atoms with E-state index in [4.69, 9.17) is 18.0 Å². The van der Waals surface area contributed by atoms with Gasteiger partial charge in [0.25, 0.3) is 0 Å². The summed E-state index contributed by atoms with van der Waals surface area (Å²) in [5.74, 6) is 0. The summed E-state index contributed by atoms with van der Waals surface area (Å²) in [6.07, 6.45) is 0. The summed E-state index contributed by atoms with van der Waals surface area (Å²) in [6.45, 7) is 2.00. The van der Waals surface area contributed by atoms with Gasteiger partial charge in [0, 0.05) is 0 Å². The fourth-order valence-corrected chi connectivity index (χ4v) is 1.71. The van der Waals surface area contributed by atoms with E-state index in [0.717, 1.165) is 4.88 Å². The summed E-state index contributed by atoms with van der Waals surface area (Å²) in [7, 11) is 0. The zero-order valence-electron chi connectivity index (χ0n) is 5.05. The van der Waals surface area contributed by atoms with Gasteiger partial charge in [0.15, 0.2) is 0 Å². The van der Waals surface area contributed by atoms with Crippen molar-refractivity contribution in [1.29, 1.82) is 0 Å². The molecule has 0 saturated carbocycles. The van der Waals surface area contributed by atoms with Crippen molar-refractivity contribution in [2.75, 3.05) is 0 Å². The molecule has 0 spiro atoms. The van der Waals surface area contributed by atoms with Gasteiger partial charge in [-0.15, -0.1) is 11.3 Å². The molecule has 0 bridgehead atoms. The van der Waals surface area contributed by atoms with Gasteiger partial charge in [-0.05, 0) is 23.9 Å². The van der Waals surface area contributed by atoms with E-state index in [1.807, 2.05) is 18.4 Å². The maximum Gasteiger partial charge on any atom is 0.114 e. The molecule has 1 nitrogen and oxygen atoms in total. The first-order valence-electron chi connectivity index (χ1n) is 2.55. The van der Waals surface area contributed by atoms with E-state index in [9.17, 15) is 0 Å². The molecule has 0 amide bonds. The van der Waals surface area contributed by atoms with Crippen LogP contribution in [0.2, 0.25) is 0 Å². The van der Waals surface area contributed by atoms with Crippen molar-refractivity contribution in [3.05, 3.63) is 21.9 Å². The van der Waals surface area contributed by atoms with Crippen LogP contribution >= 0.6 is 23.6 Å². The predicted molar refractivity (Wildman–Crippen MR) is 44.9 cm³/mol. The van der Waals surface area contributed by atoms with Crippen molar-refractivity contribution >= 4 is 28.5 Å². The molecule has 0 radical (unpaired) electrons. The van der Waals surface area contributed by atoms with Crippen LogP contribution in [-0.2, 0) is 0 Å². The van der Waals surface area contributed by atoms with Gasteiger partial charge in [-0.25, -0.2) is 0 Å². The Morgan fingerprint density at radius 2 is 2.44 bits per heavy atom. The number of thiocarbonyl (C=S) groups is 1. The molecule has 0 aliphatic heterocycles.